The van der Waals surface area contributed by atoms with Crippen LogP contribution in [0.3, 0.4) is 0 Å². The lowest BCUT2D eigenvalue weighted by molar-refractivity contribution is -0.314. The van der Waals surface area contributed by atoms with Gasteiger partial charge in [-0.2, -0.15) is 0 Å². The Morgan fingerprint density at radius 3 is 2.26 bits per heavy atom. The first-order chi connectivity index (χ1) is 29.7. The van der Waals surface area contributed by atoms with Gasteiger partial charge in [0.15, 0.2) is 18.4 Å². The number of hydrogen-bond acceptors (Lipinski definition) is 13. The van der Waals surface area contributed by atoms with Gasteiger partial charge in [-0.05, 0) is 128 Å². The van der Waals surface area contributed by atoms with Crippen molar-refractivity contribution in [1.82, 2.24) is 4.90 Å². The summed E-state index contributed by atoms with van der Waals surface area (Å²) in [5.74, 6) is -1.90. The number of cyclic esters (lactones) is 1. The van der Waals surface area contributed by atoms with Crippen molar-refractivity contribution < 1.29 is 52.6 Å². The van der Waals surface area contributed by atoms with Gasteiger partial charge < -0.3 is 53.2 Å². The molecule has 0 amide bonds. The van der Waals surface area contributed by atoms with Crippen LogP contribution in [-0.2, 0) is 47.5 Å². The van der Waals surface area contributed by atoms with Gasteiger partial charge in [-0.25, -0.2) is 0 Å². The molecule has 62 heavy (non-hydrogen) atoms. The Morgan fingerprint density at radius 2 is 1.60 bits per heavy atom. The summed E-state index contributed by atoms with van der Waals surface area (Å²) in [7, 11) is 9.09. The van der Waals surface area contributed by atoms with E-state index in [9.17, 15) is 9.90 Å². The molecule has 0 spiro atoms. The van der Waals surface area contributed by atoms with Crippen molar-refractivity contribution in [2.24, 2.45) is 35.5 Å². The lowest BCUT2D eigenvalue weighted by atomic mass is 9.62. The number of rotatable bonds is 11. The zero-order valence-electron chi connectivity index (χ0n) is 39.1. The van der Waals surface area contributed by atoms with Crippen LogP contribution in [0.5, 0.6) is 0 Å². The highest BCUT2D eigenvalue weighted by Crippen LogP contribution is 2.57. The third-order valence-electron chi connectivity index (χ3n) is 15.6. The molecule has 3 aliphatic heterocycles. The number of Topliss-reactive ketones (excluding diaryl/α,β-unsaturated/α-hetero) is 1. The van der Waals surface area contributed by atoms with Crippen molar-refractivity contribution in [2.75, 3.05) is 40.7 Å². The quantitative estimate of drug-likeness (QED) is 0.238. The number of aliphatic hydroxyl groups excluding tert-OH is 1. The van der Waals surface area contributed by atoms with Crippen LogP contribution in [-0.4, -0.2) is 137 Å². The average Bonchev–Trinajstić information content (AvgIpc) is 3.82. The van der Waals surface area contributed by atoms with Crippen LogP contribution >= 0.6 is 0 Å². The van der Waals surface area contributed by atoms with Gasteiger partial charge in [0.05, 0.1) is 43.0 Å². The number of aryl methyl sites for hydroxylation is 2. The van der Waals surface area contributed by atoms with Gasteiger partial charge >= 0.3 is 5.97 Å². The van der Waals surface area contributed by atoms with Crippen molar-refractivity contribution in [3.8, 4) is 0 Å². The number of ether oxygens (including phenoxy) is 8. The molecule has 3 unspecified atom stereocenters. The van der Waals surface area contributed by atoms with E-state index >= 15 is 4.79 Å². The molecule has 0 bridgehead atoms. The molecule has 6 aliphatic rings. The number of carbonyl (C=O) groups is 2. The number of carbonyl (C=O) groups excluding carboxylic acids is 2. The molecule has 2 saturated carbocycles. The number of benzene rings is 1. The fourth-order valence-electron chi connectivity index (χ4n) is 12.4. The molecule has 3 heterocycles. The summed E-state index contributed by atoms with van der Waals surface area (Å²) in [6.45, 7) is 12.2. The Kier molecular flexibility index (Phi) is 15.6. The molecule has 5 fully saturated rings. The molecule has 3 aliphatic carbocycles. The molecule has 0 aromatic heterocycles. The lowest BCUT2D eigenvalue weighted by Gasteiger charge is -2.47. The number of methoxy groups -OCH3 is 3. The van der Waals surface area contributed by atoms with Gasteiger partial charge in [-0.15, -0.1) is 0 Å². The van der Waals surface area contributed by atoms with E-state index in [1.165, 1.54) is 0 Å². The zero-order valence-corrected chi connectivity index (χ0v) is 39.1. The number of likely N-dealkylation sites (N-methyl/N-ethyl adjacent to an activating group) is 1. The first-order valence-corrected chi connectivity index (χ1v) is 23.5. The predicted molar refractivity (Wildman–Crippen MR) is 234 cm³/mol. The molecule has 1 aromatic rings. The van der Waals surface area contributed by atoms with Crippen molar-refractivity contribution in [3.05, 3.63) is 41.0 Å². The van der Waals surface area contributed by atoms with E-state index in [-0.39, 0.29) is 78.6 Å². The van der Waals surface area contributed by atoms with Crippen LogP contribution in [0, 0.1) is 49.4 Å². The second kappa shape index (κ2) is 20.4. The maximum atomic E-state index is 15.1. The Hall–Kier alpha value is -2.46. The van der Waals surface area contributed by atoms with E-state index < -0.39 is 48.6 Å². The second-order valence-corrected chi connectivity index (χ2v) is 19.6. The summed E-state index contributed by atoms with van der Waals surface area (Å²) >= 11 is 0. The number of nitrogens with zero attached hydrogens (tertiary/aromatic N) is 1. The highest BCUT2D eigenvalue weighted by molar-refractivity contribution is 5.99. The van der Waals surface area contributed by atoms with Gasteiger partial charge in [0, 0.05) is 50.8 Å². The van der Waals surface area contributed by atoms with E-state index in [1.807, 2.05) is 20.8 Å². The standard InChI is InChI=1S/C49H76N2O11/c1-12-30-14-13-15-39(62-41-19-18-38(51(7)8)28(5)58-41)27(4)44(53)36-23-33-32-21-31(61-49-48(57-11)47(56-10)46(55-9)29(6)59-49)22-35(32)43(50-37-17-16-25(2)20-26(37)3)45(54)42(33)34(36)24-40(52)60-30/h16-17,20,23,27-35,38-39,41-43,45-50,54H,12-15,18-19,21-22,24H2,1-11H3/t27-,28?,29?,30+,31+,32+,33+,34-,35-,38+,39+,41+,42-,43+,45+,46+,47?,48+,49+/m1/s1. The van der Waals surface area contributed by atoms with Crippen LogP contribution < -0.4 is 5.32 Å². The highest BCUT2D eigenvalue weighted by Gasteiger charge is 2.60. The summed E-state index contributed by atoms with van der Waals surface area (Å²) in [6, 6.07) is 6.23. The fourth-order valence-corrected chi connectivity index (χ4v) is 12.4. The minimum Gasteiger partial charge on any atom is -0.462 e. The number of hydrogen-bond donors (Lipinski definition) is 2. The first-order valence-electron chi connectivity index (χ1n) is 23.5. The maximum absolute atomic E-state index is 15.1. The van der Waals surface area contributed by atoms with Crippen molar-refractivity contribution in [1.29, 1.82) is 0 Å². The lowest BCUT2D eigenvalue weighted by Crippen LogP contribution is -2.59. The Morgan fingerprint density at radius 1 is 0.871 bits per heavy atom. The third kappa shape index (κ3) is 9.72. The fraction of sp³-hybridized carbons (Fsp3) is 0.796. The normalized spacial score (nSPS) is 42.9. The van der Waals surface area contributed by atoms with Crippen molar-refractivity contribution >= 4 is 17.4 Å². The molecule has 19 atom stereocenters. The Labute approximate surface area is 370 Å². The van der Waals surface area contributed by atoms with Crippen LogP contribution in [0.1, 0.15) is 96.6 Å². The smallest absolute Gasteiger partial charge is 0.306 e. The molecule has 7 rings (SSSR count). The number of anilines is 1. The van der Waals surface area contributed by atoms with Crippen LogP contribution in [0.2, 0.25) is 0 Å². The van der Waals surface area contributed by atoms with Crippen LogP contribution in [0.25, 0.3) is 0 Å². The van der Waals surface area contributed by atoms with E-state index in [0.29, 0.717) is 43.7 Å². The van der Waals surface area contributed by atoms with Crippen molar-refractivity contribution in [3.63, 3.8) is 0 Å². The highest BCUT2D eigenvalue weighted by atomic mass is 16.7. The maximum Gasteiger partial charge on any atom is 0.306 e. The van der Waals surface area contributed by atoms with E-state index in [0.717, 1.165) is 36.1 Å². The molecule has 1 aromatic carbocycles. The Balaban J connectivity index is 1.21. The summed E-state index contributed by atoms with van der Waals surface area (Å²) in [6.07, 6.45) is 3.54. The van der Waals surface area contributed by atoms with Gasteiger partial charge in [0.1, 0.15) is 24.4 Å². The first kappa shape index (κ1) is 47.5. The minimum atomic E-state index is -0.878. The summed E-state index contributed by atoms with van der Waals surface area (Å²) in [5.41, 5.74) is 3.81. The van der Waals surface area contributed by atoms with Crippen LogP contribution in [0.4, 0.5) is 5.69 Å². The molecule has 3 saturated heterocycles. The van der Waals surface area contributed by atoms with Gasteiger partial charge in [-0.1, -0.05) is 37.6 Å². The van der Waals surface area contributed by atoms with Gasteiger partial charge in [-0.3, -0.25) is 9.59 Å². The predicted octanol–water partition coefficient (Wildman–Crippen LogP) is 6.39. The molecular weight excluding hydrogens is 793 g/mol. The number of fused-ring (bicyclic) bond motifs is 5. The van der Waals surface area contributed by atoms with E-state index in [1.54, 1.807) is 21.3 Å². The summed E-state index contributed by atoms with van der Waals surface area (Å²) < 4.78 is 50.4. The molecule has 13 nitrogen and oxygen atoms in total. The van der Waals surface area contributed by atoms with Gasteiger partial charge in [0.25, 0.3) is 0 Å². The number of nitrogens with one attached hydrogen (secondary N) is 1. The number of aliphatic hydroxyl groups is 1. The van der Waals surface area contributed by atoms with E-state index in [4.69, 9.17) is 37.9 Å². The molecular formula is C49H76N2O11. The minimum absolute atomic E-state index is 0.00836. The van der Waals surface area contributed by atoms with E-state index in [2.05, 4.69) is 69.4 Å². The zero-order chi connectivity index (χ0) is 44.6. The number of esters is 1. The molecule has 348 valence electrons. The topological polar surface area (TPSA) is 143 Å². The largest absolute Gasteiger partial charge is 0.462 e. The SMILES string of the molecule is CC[C@H]1CCC[C@H](O[C@H]2CC[C@H](N(C)C)C(C)O2)[C@@H](C)C(=O)C2=C[C@H]3[C@@H]4C[C@H](O[C@@H]5OC(C)[C@H](OC)C(OC)[C@@H]5OC)C[C@H]4[C@H](Nc4ccc(C)cc4C)[C@@H](O)[C@H]3[C@@H]2CC(=O)O1. The second-order valence-electron chi connectivity index (χ2n) is 19.6. The van der Waals surface area contributed by atoms with Crippen LogP contribution in [0.15, 0.2) is 29.8 Å². The molecule has 0 radical (unpaired) electrons. The third-order valence-corrected chi connectivity index (χ3v) is 15.6. The molecule has 13 heteroatoms. The average molecular weight is 869 g/mol. The molecule has 2 N–H and O–H groups in total. The summed E-state index contributed by atoms with van der Waals surface area (Å²) in [5, 5.41) is 16.6. The Bertz CT molecular complexity index is 1720. The number of ketones is 1. The number of allylic oxidation sites excluding steroid dienone is 2. The van der Waals surface area contributed by atoms with Crippen molar-refractivity contribution in [2.45, 2.75) is 179 Å². The monoisotopic (exact) mass is 869 g/mol. The van der Waals surface area contributed by atoms with Gasteiger partial charge in [0.2, 0.25) is 0 Å². The summed E-state index contributed by atoms with van der Waals surface area (Å²) in [4.78, 5) is 31.3.